The third-order valence-electron chi connectivity index (χ3n) is 2.62. The van der Waals surface area contributed by atoms with Crippen molar-refractivity contribution in [3.63, 3.8) is 0 Å². The second-order valence-electron chi connectivity index (χ2n) is 3.93. The molecule has 2 rings (SSSR count). The van der Waals surface area contributed by atoms with Crippen LogP contribution in [0.5, 0.6) is 5.88 Å². The Hall–Kier alpha value is -2.31. The average Bonchev–Trinajstić information content (AvgIpc) is 2.70. The van der Waals surface area contributed by atoms with Gasteiger partial charge in [-0.25, -0.2) is 4.79 Å². The number of hydrogen-bond acceptors (Lipinski definition) is 5. The lowest BCUT2D eigenvalue weighted by Crippen LogP contribution is -2.32. The zero-order valence-electron chi connectivity index (χ0n) is 10.1. The molecular weight excluding hydrogens is 238 g/mol. The predicted octanol–water partition coefficient (Wildman–Crippen LogP) is 0.149. The monoisotopic (exact) mass is 251 g/mol. The Bertz CT molecular complexity index is 680. The quantitative estimate of drug-likeness (QED) is 0.808. The minimum Gasteiger partial charge on any atom is -0.494 e. The van der Waals surface area contributed by atoms with Crippen LogP contribution in [0.15, 0.2) is 20.2 Å². The van der Waals surface area contributed by atoms with Crippen LogP contribution in [0.1, 0.15) is 23.9 Å². The van der Waals surface area contributed by atoms with E-state index in [1.165, 1.54) is 0 Å². The van der Waals surface area contributed by atoms with E-state index in [1.54, 1.807) is 19.9 Å². The Morgan fingerprint density at radius 1 is 1.50 bits per heavy atom. The van der Waals surface area contributed by atoms with Crippen LogP contribution < -0.4 is 11.2 Å². The van der Waals surface area contributed by atoms with Gasteiger partial charge >= 0.3 is 5.69 Å². The van der Waals surface area contributed by atoms with E-state index in [0.29, 0.717) is 17.9 Å². The minimum atomic E-state index is -0.671. The van der Waals surface area contributed by atoms with Gasteiger partial charge in [0.05, 0.1) is 12.1 Å². The van der Waals surface area contributed by atoms with Crippen molar-refractivity contribution in [2.75, 3.05) is 0 Å². The van der Waals surface area contributed by atoms with Crippen LogP contribution >= 0.6 is 0 Å². The van der Waals surface area contributed by atoms with E-state index in [2.05, 4.69) is 10.1 Å². The predicted molar refractivity (Wildman–Crippen MR) is 62.7 cm³/mol. The van der Waals surface area contributed by atoms with Crippen LogP contribution in [0, 0.1) is 6.92 Å². The molecule has 0 amide bonds. The number of rotatable bonds is 3. The fourth-order valence-corrected chi connectivity index (χ4v) is 1.72. The fourth-order valence-electron chi connectivity index (χ4n) is 1.72. The number of nitrogens with zero attached hydrogens (tertiary/aromatic N) is 2. The molecule has 0 fully saturated rings. The molecule has 0 unspecified atom stereocenters. The molecule has 2 aromatic heterocycles. The first kappa shape index (κ1) is 12.2. The SMILES string of the molecule is CCc1c(O)n(Cc2cc(C)on2)c(=O)[nH]c1=O. The van der Waals surface area contributed by atoms with E-state index in [9.17, 15) is 14.7 Å². The standard InChI is InChI=1S/C11H13N3O4/c1-3-8-9(15)12-11(17)14(10(8)16)5-7-4-6(2)18-13-7/h4,16H,3,5H2,1-2H3,(H,12,15,17). The molecule has 0 spiro atoms. The molecule has 2 aromatic rings. The summed E-state index contributed by atoms with van der Waals surface area (Å²) >= 11 is 0. The molecule has 96 valence electrons. The Morgan fingerprint density at radius 2 is 2.22 bits per heavy atom. The van der Waals surface area contributed by atoms with Gasteiger partial charge in [-0.15, -0.1) is 0 Å². The van der Waals surface area contributed by atoms with Crippen LogP contribution in [-0.2, 0) is 13.0 Å². The van der Waals surface area contributed by atoms with Crippen molar-refractivity contribution in [3.8, 4) is 5.88 Å². The summed E-state index contributed by atoms with van der Waals surface area (Å²) in [7, 11) is 0. The molecule has 0 aromatic carbocycles. The summed E-state index contributed by atoms with van der Waals surface area (Å²) in [6, 6.07) is 1.66. The molecular formula is C11H13N3O4. The summed E-state index contributed by atoms with van der Waals surface area (Å²) in [6.07, 6.45) is 0.333. The van der Waals surface area contributed by atoms with Crippen molar-refractivity contribution in [1.82, 2.24) is 14.7 Å². The number of H-pyrrole nitrogens is 1. The van der Waals surface area contributed by atoms with Gasteiger partial charge in [0.2, 0.25) is 5.88 Å². The Labute approximate surface area is 102 Å². The lowest BCUT2D eigenvalue weighted by atomic mass is 10.2. The maximum Gasteiger partial charge on any atom is 0.331 e. The van der Waals surface area contributed by atoms with Gasteiger partial charge in [-0.2, -0.15) is 0 Å². The molecule has 0 aliphatic carbocycles. The molecule has 7 heteroatoms. The van der Waals surface area contributed by atoms with E-state index in [0.717, 1.165) is 4.57 Å². The van der Waals surface area contributed by atoms with E-state index in [-0.39, 0.29) is 18.0 Å². The zero-order chi connectivity index (χ0) is 13.3. The third-order valence-corrected chi connectivity index (χ3v) is 2.62. The molecule has 0 saturated carbocycles. The molecule has 0 bridgehead atoms. The van der Waals surface area contributed by atoms with Gasteiger partial charge < -0.3 is 9.63 Å². The van der Waals surface area contributed by atoms with Crippen LogP contribution in [0.2, 0.25) is 0 Å². The molecule has 0 atom stereocenters. The molecule has 2 N–H and O–H groups in total. The number of nitrogens with one attached hydrogen (secondary N) is 1. The third kappa shape index (κ3) is 2.06. The second-order valence-corrected chi connectivity index (χ2v) is 3.93. The van der Waals surface area contributed by atoms with Gasteiger partial charge in [-0.05, 0) is 13.3 Å². The second kappa shape index (κ2) is 4.52. The summed E-state index contributed by atoms with van der Waals surface area (Å²) in [5, 5.41) is 13.6. The topological polar surface area (TPSA) is 101 Å². The maximum absolute atomic E-state index is 11.6. The van der Waals surface area contributed by atoms with Gasteiger partial charge in [0, 0.05) is 6.07 Å². The Kier molecular flexibility index (Phi) is 3.05. The number of aromatic amines is 1. The molecule has 0 radical (unpaired) electrons. The number of aromatic nitrogens is 3. The van der Waals surface area contributed by atoms with Gasteiger partial charge in [0.1, 0.15) is 11.5 Å². The summed E-state index contributed by atoms with van der Waals surface area (Å²) in [6.45, 7) is 3.49. The molecule has 0 aliphatic rings. The number of hydrogen-bond donors (Lipinski definition) is 2. The highest BCUT2D eigenvalue weighted by molar-refractivity contribution is 5.23. The van der Waals surface area contributed by atoms with Crippen LogP contribution in [0.3, 0.4) is 0 Å². The average molecular weight is 251 g/mol. The van der Waals surface area contributed by atoms with Crippen LogP contribution in [0.4, 0.5) is 0 Å². The van der Waals surface area contributed by atoms with Gasteiger partial charge in [-0.1, -0.05) is 12.1 Å². The normalized spacial score (nSPS) is 10.8. The fraction of sp³-hybridized carbons (Fsp3) is 0.364. The largest absolute Gasteiger partial charge is 0.494 e. The van der Waals surface area contributed by atoms with Crippen molar-refractivity contribution in [2.24, 2.45) is 0 Å². The first-order valence-corrected chi connectivity index (χ1v) is 5.50. The van der Waals surface area contributed by atoms with Crippen molar-refractivity contribution >= 4 is 0 Å². The summed E-state index contributed by atoms with van der Waals surface area (Å²) < 4.78 is 5.93. The van der Waals surface area contributed by atoms with Gasteiger partial charge in [-0.3, -0.25) is 14.3 Å². The van der Waals surface area contributed by atoms with Gasteiger partial charge in [0.15, 0.2) is 0 Å². The maximum atomic E-state index is 11.6. The van der Waals surface area contributed by atoms with E-state index >= 15 is 0 Å². The lowest BCUT2D eigenvalue weighted by molar-refractivity contribution is 0.377. The summed E-state index contributed by atoms with van der Waals surface area (Å²) in [5.41, 5.74) is -0.559. The van der Waals surface area contributed by atoms with E-state index < -0.39 is 11.2 Å². The molecule has 2 heterocycles. The summed E-state index contributed by atoms with van der Waals surface area (Å²) in [4.78, 5) is 25.2. The highest BCUT2D eigenvalue weighted by Crippen LogP contribution is 2.12. The number of aromatic hydroxyl groups is 1. The Balaban J connectivity index is 2.51. The van der Waals surface area contributed by atoms with Crippen molar-refractivity contribution < 1.29 is 9.63 Å². The summed E-state index contributed by atoms with van der Waals surface area (Å²) in [5.74, 6) is 0.282. The molecule has 7 nitrogen and oxygen atoms in total. The Morgan fingerprint density at radius 3 is 2.78 bits per heavy atom. The highest BCUT2D eigenvalue weighted by Gasteiger charge is 2.13. The van der Waals surface area contributed by atoms with Crippen molar-refractivity contribution in [1.29, 1.82) is 0 Å². The van der Waals surface area contributed by atoms with Crippen LogP contribution in [-0.4, -0.2) is 19.8 Å². The molecule has 0 aliphatic heterocycles. The molecule has 0 saturated heterocycles. The lowest BCUT2D eigenvalue weighted by Gasteiger charge is -2.08. The van der Waals surface area contributed by atoms with Gasteiger partial charge in [0.25, 0.3) is 5.56 Å². The minimum absolute atomic E-state index is 0.0474. The first-order chi connectivity index (χ1) is 8.52. The smallest absolute Gasteiger partial charge is 0.331 e. The van der Waals surface area contributed by atoms with Crippen LogP contribution in [0.25, 0.3) is 0 Å². The van der Waals surface area contributed by atoms with E-state index in [4.69, 9.17) is 4.52 Å². The highest BCUT2D eigenvalue weighted by atomic mass is 16.5. The molecule has 18 heavy (non-hydrogen) atoms. The zero-order valence-corrected chi connectivity index (χ0v) is 10.1. The van der Waals surface area contributed by atoms with Crippen molar-refractivity contribution in [2.45, 2.75) is 26.8 Å². The van der Waals surface area contributed by atoms with Crippen molar-refractivity contribution in [3.05, 3.63) is 43.9 Å². The first-order valence-electron chi connectivity index (χ1n) is 5.50. The number of aryl methyl sites for hydroxylation is 1. The van der Waals surface area contributed by atoms with E-state index in [1.807, 2.05) is 0 Å².